The van der Waals surface area contributed by atoms with E-state index >= 15 is 0 Å². The second-order valence-electron chi connectivity index (χ2n) is 5.27. The van der Waals surface area contributed by atoms with Crippen LogP contribution in [0.2, 0.25) is 5.02 Å². The Morgan fingerprint density at radius 3 is 2.26 bits per heavy atom. The van der Waals surface area contributed by atoms with Crippen molar-refractivity contribution in [3.05, 3.63) is 46.5 Å². The summed E-state index contributed by atoms with van der Waals surface area (Å²) in [4.78, 5) is 18.2. The molecule has 1 aliphatic carbocycles. The topological polar surface area (TPSA) is 86.6 Å². The first-order valence-corrected chi connectivity index (χ1v) is 7.96. The largest absolute Gasteiger partial charge is 0.473 e. The molecule has 1 aromatic rings. The fourth-order valence-corrected chi connectivity index (χ4v) is 2.34. The number of allylic oxidation sites excluding steroid dienone is 1. The van der Waals surface area contributed by atoms with E-state index in [1.807, 2.05) is 12.1 Å². The highest BCUT2D eigenvalue weighted by atomic mass is 35.5. The van der Waals surface area contributed by atoms with Crippen molar-refractivity contribution in [2.75, 3.05) is 6.54 Å². The minimum Gasteiger partial charge on any atom is -0.473 e. The molecule has 0 radical (unpaired) electrons. The van der Waals surface area contributed by atoms with E-state index in [9.17, 15) is 0 Å². The van der Waals surface area contributed by atoms with Gasteiger partial charge in [-0.2, -0.15) is 0 Å². The van der Waals surface area contributed by atoms with Crippen molar-refractivity contribution in [3.8, 4) is 0 Å². The van der Waals surface area contributed by atoms with Crippen LogP contribution in [0.5, 0.6) is 0 Å². The molecule has 3 N–H and O–H groups in total. The maximum absolute atomic E-state index is 9.10. The van der Waals surface area contributed by atoms with Crippen molar-refractivity contribution in [1.82, 2.24) is 5.32 Å². The number of aliphatic carboxylic acids is 2. The molecule has 0 fully saturated rings. The minimum atomic E-state index is -1.82. The minimum absolute atomic E-state index is 0.807. The Balaban J connectivity index is 0.000000379. The summed E-state index contributed by atoms with van der Waals surface area (Å²) in [6.07, 6.45) is 8.97. The van der Waals surface area contributed by atoms with Gasteiger partial charge in [-0.05, 0) is 56.3 Å². The predicted octanol–water partition coefficient (Wildman–Crippen LogP) is 3.48. The first-order chi connectivity index (χ1) is 11.0. The molecule has 0 heterocycles. The Bertz CT molecular complexity index is 528. The second-order valence-corrected chi connectivity index (χ2v) is 5.71. The fraction of sp³-hybridized carbons (Fsp3) is 0.412. The van der Waals surface area contributed by atoms with Crippen LogP contribution in [0.3, 0.4) is 0 Å². The highest BCUT2D eigenvalue weighted by Crippen LogP contribution is 2.19. The van der Waals surface area contributed by atoms with Gasteiger partial charge < -0.3 is 15.5 Å². The number of carbonyl (C=O) groups is 2. The quantitative estimate of drug-likeness (QED) is 0.434. The van der Waals surface area contributed by atoms with E-state index in [1.165, 1.54) is 37.7 Å². The van der Waals surface area contributed by atoms with Gasteiger partial charge in [0, 0.05) is 11.6 Å². The third-order valence-electron chi connectivity index (χ3n) is 3.43. The van der Waals surface area contributed by atoms with Gasteiger partial charge in [0.1, 0.15) is 0 Å². The van der Waals surface area contributed by atoms with Gasteiger partial charge in [0.25, 0.3) is 0 Å². The molecule has 2 rings (SSSR count). The SMILES string of the molecule is Clc1ccc(CNCCC2=CCCCC2)cc1.O=C(O)C(=O)O. The smallest absolute Gasteiger partial charge is 0.414 e. The third-order valence-corrected chi connectivity index (χ3v) is 3.69. The van der Waals surface area contributed by atoms with Gasteiger partial charge in [0.2, 0.25) is 0 Å². The zero-order chi connectivity index (χ0) is 17.1. The molecule has 5 nitrogen and oxygen atoms in total. The van der Waals surface area contributed by atoms with Gasteiger partial charge in [-0.15, -0.1) is 0 Å². The van der Waals surface area contributed by atoms with Crippen LogP contribution in [0.1, 0.15) is 37.7 Å². The molecule has 1 aromatic carbocycles. The summed E-state index contributed by atoms with van der Waals surface area (Å²) in [5.74, 6) is -3.65. The molecule has 0 bridgehead atoms. The second kappa shape index (κ2) is 10.8. The maximum Gasteiger partial charge on any atom is 0.414 e. The van der Waals surface area contributed by atoms with E-state index in [0.29, 0.717) is 0 Å². The summed E-state index contributed by atoms with van der Waals surface area (Å²) in [5.41, 5.74) is 2.94. The molecule has 0 saturated carbocycles. The summed E-state index contributed by atoms with van der Waals surface area (Å²) < 4.78 is 0. The molecular formula is C17H22ClNO4. The van der Waals surface area contributed by atoms with Gasteiger partial charge in [-0.3, -0.25) is 0 Å². The molecule has 0 unspecified atom stereocenters. The standard InChI is InChI=1S/C15H20ClN.C2H2O4/c16-15-8-6-14(7-9-15)12-17-11-10-13-4-2-1-3-5-13;3-1(4)2(5)6/h4,6-9,17H,1-3,5,10-12H2;(H,3,4)(H,5,6). The van der Waals surface area contributed by atoms with Crippen molar-refractivity contribution in [2.45, 2.75) is 38.6 Å². The maximum atomic E-state index is 9.10. The Labute approximate surface area is 141 Å². The molecule has 0 spiro atoms. The third kappa shape index (κ3) is 9.01. The molecule has 1 aliphatic rings. The van der Waals surface area contributed by atoms with E-state index in [0.717, 1.165) is 18.1 Å². The lowest BCUT2D eigenvalue weighted by Gasteiger charge is -2.12. The zero-order valence-corrected chi connectivity index (χ0v) is 13.7. The molecule has 0 atom stereocenters. The summed E-state index contributed by atoms with van der Waals surface area (Å²) in [6, 6.07) is 8.05. The average Bonchev–Trinajstić information content (AvgIpc) is 2.55. The molecular weight excluding hydrogens is 318 g/mol. The van der Waals surface area contributed by atoms with Crippen LogP contribution in [-0.4, -0.2) is 28.7 Å². The predicted molar refractivity (Wildman–Crippen MR) is 89.6 cm³/mol. The number of nitrogens with one attached hydrogen (secondary N) is 1. The molecule has 6 heteroatoms. The summed E-state index contributed by atoms with van der Waals surface area (Å²) in [7, 11) is 0. The number of hydrogen-bond donors (Lipinski definition) is 3. The van der Waals surface area contributed by atoms with Crippen LogP contribution >= 0.6 is 11.6 Å². The number of benzene rings is 1. The van der Waals surface area contributed by atoms with Crippen LogP contribution in [-0.2, 0) is 16.1 Å². The molecule has 0 saturated heterocycles. The lowest BCUT2D eigenvalue weighted by Crippen LogP contribution is -2.15. The molecule has 0 aliphatic heterocycles. The number of halogens is 1. The highest BCUT2D eigenvalue weighted by molar-refractivity contribution is 6.30. The zero-order valence-electron chi connectivity index (χ0n) is 12.9. The van der Waals surface area contributed by atoms with Crippen molar-refractivity contribution in [2.24, 2.45) is 0 Å². The molecule has 23 heavy (non-hydrogen) atoms. The van der Waals surface area contributed by atoms with Crippen molar-refractivity contribution >= 4 is 23.5 Å². The first-order valence-electron chi connectivity index (χ1n) is 7.58. The van der Waals surface area contributed by atoms with Crippen molar-refractivity contribution in [3.63, 3.8) is 0 Å². The summed E-state index contributed by atoms with van der Waals surface area (Å²) >= 11 is 5.85. The van der Waals surface area contributed by atoms with E-state index in [2.05, 4.69) is 23.5 Å². The average molecular weight is 340 g/mol. The fourth-order valence-electron chi connectivity index (χ4n) is 2.22. The Hall–Kier alpha value is -1.85. The number of rotatable bonds is 5. The van der Waals surface area contributed by atoms with Gasteiger partial charge >= 0.3 is 11.9 Å². The monoisotopic (exact) mass is 339 g/mol. The van der Waals surface area contributed by atoms with Crippen LogP contribution in [0.15, 0.2) is 35.9 Å². The van der Waals surface area contributed by atoms with Gasteiger partial charge in [0.05, 0.1) is 0 Å². The van der Waals surface area contributed by atoms with Crippen LogP contribution < -0.4 is 5.32 Å². The van der Waals surface area contributed by atoms with Crippen LogP contribution in [0, 0.1) is 0 Å². The van der Waals surface area contributed by atoms with Gasteiger partial charge in [0.15, 0.2) is 0 Å². The Kier molecular flexibility index (Phi) is 9.02. The molecule has 0 amide bonds. The number of hydrogen-bond acceptors (Lipinski definition) is 3. The summed E-state index contributed by atoms with van der Waals surface area (Å²) in [6.45, 7) is 2.01. The Morgan fingerprint density at radius 1 is 1.09 bits per heavy atom. The first kappa shape index (κ1) is 19.2. The van der Waals surface area contributed by atoms with E-state index < -0.39 is 11.9 Å². The lowest BCUT2D eigenvalue weighted by atomic mass is 9.97. The van der Waals surface area contributed by atoms with Gasteiger partial charge in [-0.1, -0.05) is 35.4 Å². The molecule has 0 aromatic heterocycles. The number of carboxylic acid groups (broad SMARTS) is 2. The van der Waals surface area contributed by atoms with Crippen LogP contribution in [0.4, 0.5) is 0 Å². The van der Waals surface area contributed by atoms with E-state index in [4.69, 9.17) is 31.4 Å². The van der Waals surface area contributed by atoms with E-state index in [-0.39, 0.29) is 0 Å². The number of carboxylic acids is 2. The van der Waals surface area contributed by atoms with Crippen molar-refractivity contribution < 1.29 is 19.8 Å². The summed E-state index contributed by atoms with van der Waals surface area (Å²) in [5, 5.41) is 19.1. The normalized spacial score (nSPS) is 13.5. The highest BCUT2D eigenvalue weighted by Gasteiger charge is 2.04. The van der Waals surface area contributed by atoms with Crippen LogP contribution in [0.25, 0.3) is 0 Å². The Morgan fingerprint density at radius 2 is 1.74 bits per heavy atom. The van der Waals surface area contributed by atoms with Crippen molar-refractivity contribution in [1.29, 1.82) is 0 Å². The van der Waals surface area contributed by atoms with E-state index in [1.54, 1.807) is 5.57 Å². The van der Waals surface area contributed by atoms with Gasteiger partial charge in [-0.25, -0.2) is 9.59 Å². The lowest BCUT2D eigenvalue weighted by molar-refractivity contribution is -0.159. The molecule has 126 valence electrons.